The summed E-state index contributed by atoms with van der Waals surface area (Å²) < 4.78 is 27.8. The van der Waals surface area contributed by atoms with Crippen LogP contribution >= 0.6 is 11.6 Å². The Morgan fingerprint density at radius 2 is 1.80 bits per heavy atom. The first-order valence-electron chi connectivity index (χ1n) is 11.1. The fourth-order valence-electron chi connectivity index (χ4n) is 4.16. The van der Waals surface area contributed by atoms with Crippen molar-refractivity contribution in [3.63, 3.8) is 0 Å². The van der Waals surface area contributed by atoms with E-state index in [2.05, 4.69) is 0 Å². The summed E-state index contributed by atoms with van der Waals surface area (Å²) in [5, 5.41) is 32.3. The minimum Gasteiger partial charge on any atom is -0.494 e. The average Bonchev–Trinajstić information content (AvgIpc) is 2.85. The minimum atomic E-state index is -1.89. The van der Waals surface area contributed by atoms with Gasteiger partial charge in [-0.2, -0.15) is 0 Å². The summed E-state index contributed by atoms with van der Waals surface area (Å²) in [5.41, 5.74) is 1.67. The van der Waals surface area contributed by atoms with Gasteiger partial charge >= 0.3 is 5.97 Å². The lowest BCUT2D eigenvalue weighted by molar-refractivity contribution is -0.366. The van der Waals surface area contributed by atoms with Gasteiger partial charge in [-0.1, -0.05) is 29.8 Å². The molecule has 10 heteroatoms. The quantitative estimate of drug-likeness (QED) is 0.436. The molecule has 1 aliphatic heterocycles. The van der Waals surface area contributed by atoms with Crippen LogP contribution in [0.2, 0.25) is 5.02 Å². The summed E-state index contributed by atoms with van der Waals surface area (Å²) in [6.07, 6.45) is -6.58. The highest BCUT2D eigenvalue weighted by Gasteiger charge is 2.55. The lowest BCUT2D eigenvalue weighted by Crippen LogP contribution is -2.64. The van der Waals surface area contributed by atoms with Gasteiger partial charge in [0.05, 0.1) is 6.61 Å². The first-order chi connectivity index (χ1) is 16.7. The second-order valence-electron chi connectivity index (χ2n) is 8.11. The number of benzene rings is 2. The predicted molar refractivity (Wildman–Crippen MR) is 126 cm³/mol. The number of aliphatic hydroxyl groups excluding tert-OH is 3. The zero-order valence-electron chi connectivity index (χ0n) is 20.0. The van der Waals surface area contributed by atoms with Crippen LogP contribution in [0.15, 0.2) is 42.5 Å². The van der Waals surface area contributed by atoms with Crippen molar-refractivity contribution in [3.8, 4) is 5.75 Å². The standard InChI is InChI=1S/C25H31ClO9/c1-5-33-17-9-6-15(7-10-17)23(31-3)18-12-16(8-11-19(18)26)25(32-4)24(30)22(29)21(28)20(35-25)13-34-14(2)27/h6-12,20-24,28-30H,5,13H2,1-4H3/t20-,21+,22+,23?,24-,25?/m1/s1. The molecule has 0 amide bonds. The van der Waals surface area contributed by atoms with Gasteiger partial charge in [-0.05, 0) is 36.8 Å². The molecule has 6 atom stereocenters. The maximum atomic E-state index is 11.3. The number of ether oxygens (including phenoxy) is 5. The fourth-order valence-corrected chi connectivity index (χ4v) is 4.38. The van der Waals surface area contributed by atoms with E-state index in [1.165, 1.54) is 21.1 Å². The third kappa shape index (κ3) is 5.62. The second kappa shape index (κ2) is 11.7. The van der Waals surface area contributed by atoms with Crippen LogP contribution in [0, 0.1) is 0 Å². The Balaban J connectivity index is 2.02. The largest absolute Gasteiger partial charge is 0.494 e. The SMILES string of the molecule is CCOc1ccc(C(OC)c2cc(C3(OC)O[C@H](COC(C)=O)[C@H](O)[C@H](O)[C@H]3O)ccc2Cl)cc1. The summed E-state index contributed by atoms with van der Waals surface area (Å²) in [4.78, 5) is 11.3. The Kier molecular flexibility index (Phi) is 9.11. The van der Waals surface area contributed by atoms with Crippen molar-refractivity contribution in [1.82, 2.24) is 0 Å². The van der Waals surface area contributed by atoms with E-state index in [0.717, 1.165) is 11.3 Å². The van der Waals surface area contributed by atoms with Crippen LogP contribution in [-0.4, -0.2) is 73.1 Å². The smallest absolute Gasteiger partial charge is 0.302 e. The first kappa shape index (κ1) is 27.3. The summed E-state index contributed by atoms with van der Waals surface area (Å²) in [5.74, 6) is -1.76. The highest BCUT2D eigenvalue weighted by atomic mass is 35.5. The van der Waals surface area contributed by atoms with Crippen molar-refractivity contribution >= 4 is 17.6 Å². The molecule has 1 aliphatic rings. The molecule has 1 fully saturated rings. The van der Waals surface area contributed by atoms with Crippen molar-refractivity contribution < 1.29 is 43.8 Å². The van der Waals surface area contributed by atoms with Gasteiger partial charge in [0, 0.05) is 37.3 Å². The van der Waals surface area contributed by atoms with E-state index in [4.69, 9.17) is 35.3 Å². The zero-order chi connectivity index (χ0) is 25.8. The lowest BCUT2D eigenvalue weighted by atomic mass is 9.86. The second-order valence-corrected chi connectivity index (χ2v) is 8.52. The Morgan fingerprint density at radius 3 is 2.37 bits per heavy atom. The molecule has 9 nitrogen and oxygen atoms in total. The Bertz CT molecular complexity index is 999. The number of rotatable bonds is 9. The van der Waals surface area contributed by atoms with Crippen LogP contribution in [0.25, 0.3) is 0 Å². The molecule has 0 saturated carbocycles. The van der Waals surface area contributed by atoms with Gasteiger partial charge in [0.25, 0.3) is 0 Å². The van der Waals surface area contributed by atoms with Gasteiger partial charge in [0.2, 0.25) is 5.79 Å². The van der Waals surface area contributed by atoms with E-state index in [1.54, 1.807) is 18.2 Å². The number of aliphatic hydroxyl groups is 3. The van der Waals surface area contributed by atoms with Crippen molar-refractivity contribution in [2.45, 2.75) is 50.2 Å². The number of methoxy groups -OCH3 is 2. The van der Waals surface area contributed by atoms with Crippen LogP contribution in [0.1, 0.15) is 36.6 Å². The molecule has 1 saturated heterocycles. The minimum absolute atomic E-state index is 0.318. The predicted octanol–water partition coefficient (Wildman–Crippen LogP) is 2.32. The first-order valence-corrected chi connectivity index (χ1v) is 11.5. The molecule has 2 aromatic carbocycles. The molecule has 35 heavy (non-hydrogen) atoms. The van der Waals surface area contributed by atoms with Crippen LogP contribution in [0.3, 0.4) is 0 Å². The zero-order valence-corrected chi connectivity index (χ0v) is 20.8. The highest BCUT2D eigenvalue weighted by Crippen LogP contribution is 2.42. The van der Waals surface area contributed by atoms with Gasteiger partial charge in [-0.3, -0.25) is 4.79 Å². The number of halogens is 1. The van der Waals surface area contributed by atoms with Crippen LogP contribution in [0.4, 0.5) is 0 Å². The molecule has 2 aromatic rings. The van der Waals surface area contributed by atoms with Crippen molar-refractivity contribution in [1.29, 1.82) is 0 Å². The molecule has 0 aromatic heterocycles. The van der Waals surface area contributed by atoms with Gasteiger partial charge in [0.1, 0.15) is 42.9 Å². The van der Waals surface area contributed by atoms with Crippen molar-refractivity contribution in [3.05, 3.63) is 64.2 Å². The van der Waals surface area contributed by atoms with Gasteiger partial charge < -0.3 is 39.0 Å². The van der Waals surface area contributed by atoms with E-state index in [9.17, 15) is 20.1 Å². The Hall–Kier alpha value is -2.24. The van der Waals surface area contributed by atoms with Crippen molar-refractivity contribution in [2.75, 3.05) is 27.4 Å². The topological polar surface area (TPSA) is 124 Å². The number of carbonyl (C=O) groups excluding carboxylic acids is 1. The van der Waals surface area contributed by atoms with E-state index in [0.29, 0.717) is 22.8 Å². The molecule has 192 valence electrons. The number of esters is 1. The molecule has 0 aliphatic carbocycles. The molecular weight excluding hydrogens is 480 g/mol. The van der Waals surface area contributed by atoms with E-state index in [1.807, 2.05) is 31.2 Å². The molecule has 2 unspecified atom stereocenters. The van der Waals surface area contributed by atoms with Crippen LogP contribution in [-0.2, 0) is 29.5 Å². The summed E-state index contributed by atoms with van der Waals surface area (Å²) >= 11 is 6.53. The highest BCUT2D eigenvalue weighted by molar-refractivity contribution is 6.31. The molecule has 1 heterocycles. The molecule has 0 bridgehead atoms. The van der Waals surface area contributed by atoms with E-state index in [-0.39, 0.29) is 6.61 Å². The maximum Gasteiger partial charge on any atom is 0.302 e. The fraction of sp³-hybridized carbons (Fsp3) is 0.480. The Labute approximate surface area is 209 Å². The van der Waals surface area contributed by atoms with E-state index < -0.39 is 42.3 Å². The normalized spacial score (nSPS) is 27.3. The third-order valence-electron chi connectivity index (χ3n) is 5.93. The Morgan fingerprint density at radius 1 is 1.11 bits per heavy atom. The number of hydrogen-bond acceptors (Lipinski definition) is 9. The molecule has 3 N–H and O–H groups in total. The van der Waals surface area contributed by atoms with Crippen molar-refractivity contribution in [2.24, 2.45) is 0 Å². The monoisotopic (exact) mass is 510 g/mol. The van der Waals surface area contributed by atoms with E-state index >= 15 is 0 Å². The summed E-state index contributed by atoms with van der Waals surface area (Å²) in [6.45, 7) is 3.30. The molecule has 0 radical (unpaired) electrons. The molecule has 3 rings (SSSR count). The van der Waals surface area contributed by atoms with Gasteiger partial charge in [-0.25, -0.2) is 0 Å². The summed E-state index contributed by atoms with van der Waals surface area (Å²) in [6, 6.07) is 12.2. The summed E-state index contributed by atoms with van der Waals surface area (Å²) in [7, 11) is 2.84. The van der Waals surface area contributed by atoms with Crippen LogP contribution in [0.5, 0.6) is 5.75 Å². The number of carbonyl (C=O) groups is 1. The molecule has 0 spiro atoms. The van der Waals surface area contributed by atoms with Crippen LogP contribution < -0.4 is 4.74 Å². The third-order valence-corrected chi connectivity index (χ3v) is 6.28. The van der Waals surface area contributed by atoms with Gasteiger partial charge in [0.15, 0.2) is 0 Å². The number of hydrogen-bond donors (Lipinski definition) is 3. The average molecular weight is 511 g/mol. The maximum absolute atomic E-state index is 11.3. The lowest BCUT2D eigenvalue weighted by Gasteiger charge is -2.48. The molecular formula is C25H31ClO9. The van der Waals surface area contributed by atoms with Gasteiger partial charge in [-0.15, -0.1) is 0 Å².